The third-order valence-corrected chi connectivity index (χ3v) is 4.78. The van der Waals surface area contributed by atoms with Gasteiger partial charge in [-0.25, -0.2) is 14.5 Å². The van der Waals surface area contributed by atoms with E-state index in [1.807, 2.05) is 54.1 Å². The second-order valence-electron chi connectivity index (χ2n) is 5.91. The third-order valence-electron chi connectivity index (χ3n) is 4.29. The molecule has 4 aromatic rings. The first kappa shape index (κ1) is 16.5. The van der Waals surface area contributed by atoms with Crippen LogP contribution in [-0.4, -0.2) is 25.8 Å². The zero-order valence-corrected chi connectivity index (χ0v) is 15.4. The lowest BCUT2D eigenvalue weighted by atomic mass is 10.0. The number of hydrogen-bond donors (Lipinski definition) is 1. The molecule has 0 spiro atoms. The normalized spacial score (nSPS) is 11.0. The third kappa shape index (κ3) is 2.78. The number of nitrogens with zero attached hydrogens (tertiary/aromatic N) is 3. The molecule has 128 valence electrons. The fraction of sp³-hybridized carbons (Fsp3) is 0.0500. The van der Waals surface area contributed by atoms with Crippen LogP contribution in [-0.2, 0) is 0 Å². The number of fused-ring (bicyclic) bond motifs is 1. The highest BCUT2D eigenvalue weighted by Gasteiger charge is 2.17. The molecule has 6 heteroatoms. The van der Waals surface area contributed by atoms with E-state index in [1.165, 1.54) is 0 Å². The van der Waals surface area contributed by atoms with E-state index in [0.29, 0.717) is 16.6 Å². The van der Waals surface area contributed by atoms with Gasteiger partial charge < -0.3 is 5.11 Å². The number of para-hydroxylation sites is 1. The summed E-state index contributed by atoms with van der Waals surface area (Å²) in [5.41, 5.74) is 4.10. The Bertz CT molecular complexity index is 1140. The monoisotopic (exact) mass is 407 g/mol. The van der Waals surface area contributed by atoms with E-state index in [4.69, 9.17) is 0 Å². The maximum atomic E-state index is 11.8. The molecule has 0 saturated carbocycles. The van der Waals surface area contributed by atoms with Crippen LogP contribution in [0.2, 0.25) is 0 Å². The molecule has 2 aromatic heterocycles. The highest BCUT2D eigenvalue weighted by molar-refractivity contribution is 9.10. The number of carboxylic acids is 1. The first-order valence-electron chi connectivity index (χ1n) is 7.98. The summed E-state index contributed by atoms with van der Waals surface area (Å²) >= 11 is 3.39. The van der Waals surface area contributed by atoms with Gasteiger partial charge in [0.25, 0.3) is 0 Å². The van der Waals surface area contributed by atoms with E-state index in [0.717, 1.165) is 21.4 Å². The lowest BCUT2D eigenvalue weighted by Gasteiger charge is -2.08. The zero-order valence-electron chi connectivity index (χ0n) is 13.8. The van der Waals surface area contributed by atoms with Crippen molar-refractivity contribution in [3.05, 3.63) is 76.5 Å². The first-order chi connectivity index (χ1) is 12.5. The number of halogens is 1. The first-order valence-corrected chi connectivity index (χ1v) is 8.78. The highest BCUT2D eigenvalue weighted by atomic mass is 79.9. The summed E-state index contributed by atoms with van der Waals surface area (Å²) in [5, 5.41) is 14.7. The Kier molecular flexibility index (Phi) is 4.05. The van der Waals surface area contributed by atoms with Crippen LogP contribution in [0.3, 0.4) is 0 Å². The zero-order chi connectivity index (χ0) is 18.3. The Balaban J connectivity index is 1.92. The smallest absolute Gasteiger partial charge is 0.336 e. The molecule has 0 atom stereocenters. The number of carboxylic acid groups (broad SMARTS) is 1. The molecular weight excluding hydrogens is 394 g/mol. The Morgan fingerprint density at radius 3 is 2.62 bits per heavy atom. The molecule has 0 radical (unpaired) electrons. The molecule has 0 fully saturated rings. The van der Waals surface area contributed by atoms with E-state index in [1.54, 1.807) is 18.3 Å². The standard InChI is InChI=1S/C20H14BrN3O2/c1-12-17(11-22-24(12)14-5-3-2-4-6-14)19-10-16(20(25)26)15-9-13(21)7-8-18(15)23-19/h2-11H,1H3,(H,25,26). The van der Waals surface area contributed by atoms with Gasteiger partial charge in [0.05, 0.1) is 34.4 Å². The Morgan fingerprint density at radius 2 is 1.88 bits per heavy atom. The second kappa shape index (κ2) is 6.38. The molecule has 0 unspecified atom stereocenters. The fourth-order valence-corrected chi connectivity index (χ4v) is 3.36. The van der Waals surface area contributed by atoms with Crippen LogP contribution in [0, 0.1) is 6.92 Å². The van der Waals surface area contributed by atoms with Crippen LogP contribution in [0.25, 0.3) is 27.8 Å². The molecule has 1 N–H and O–H groups in total. The highest BCUT2D eigenvalue weighted by Crippen LogP contribution is 2.29. The maximum Gasteiger partial charge on any atom is 0.336 e. The summed E-state index contributed by atoms with van der Waals surface area (Å²) < 4.78 is 2.64. The predicted octanol–water partition coefficient (Wildman–Crippen LogP) is 4.86. The van der Waals surface area contributed by atoms with Crippen molar-refractivity contribution in [3.8, 4) is 16.9 Å². The van der Waals surface area contributed by atoms with Gasteiger partial charge in [-0.05, 0) is 43.3 Å². The van der Waals surface area contributed by atoms with Crippen LogP contribution in [0.5, 0.6) is 0 Å². The van der Waals surface area contributed by atoms with Crippen molar-refractivity contribution < 1.29 is 9.90 Å². The number of hydrogen-bond acceptors (Lipinski definition) is 3. The quantitative estimate of drug-likeness (QED) is 0.526. The maximum absolute atomic E-state index is 11.8. The molecule has 4 rings (SSSR count). The number of aromatic carboxylic acids is 1. The largest absolute Gasteiger partial charge is 0.478 e. The molecule has 0 saturated heterocycles. The minimum Gasteiger partial charge on any atom is -0.478 e. The van der Waals surface area contributed by atoms with Crippen molar-refractivity contribution in [1.29, 1.82) is 0 Å². The number of benzene rings is 2. The number of carbonyl (C=O) groups is 1. The molecule has 26 heavy (non-hydrogen) atoms. The second-order valence-corrected chi connectivity index (χ2v) is 6.83. The van der Waals surface area contributed by atoms with Crippen molar-refractivity contribution in [2.45, 2.75) is 6.92 Å². The van der Waals surface area contributed by atoms with Gasteiger partial charge in [-0.2, -0.15) is 5.10 Å². The van der Waals surface area contributed by atoms with Crippen molar-refractivity contribution in [2.24, 2.45) is 0 Å². The average Bonchev–Trinajstić information content (AvgIpc) is 3.03. The number of rotatable bonds is 3. The van der Waals surface area contributed by atoms with Crippen molar-refractivity contribution >= 4 is 32.8 Å². The Labute approximate surface area is 158 Å². The lowest BCUT2D eigenvalue weighted by Crippen LogP contribution is -2.01. The summed E-state index contributed by atoms with van der Waals surface area (Å²) in [4.78, 5) is 16.4. The van der Waals surface area contributed by atoms with E-state index >= 15 is 0 Å². The molecular formula is C20H14BrN3O2. The van der Waals surface area contributed by atoms with E-state index < -0.39 is 5.97 Å². The van der Waals surface area contributed by atoms with Gasteiger partial charge in [-0.15, -0.1) is 0 Å². The molecule has 2 aromatic carbocycles. The van der Waals surface area contributed by atoms with Crippen LogP contribution >= 0.6 is 15.9 Å². The minimum absolute atomic E-state index is 0.221. The summed E-state index contributed by atoms with van der Waals surface area (Å²) in [7, 11) is 0. The van der Waals surface area contributed by atoms with Crippen LogP contribution in [0.15, 0.2) is 65.3 Å². The van der Waals surface area contributed by atoms with Gasteiger partial charge in [0.15, 0.2) is 0 Å². The van der Waals surface area contributed by atoms with Crippen molar-refractivity contribution in [3.63, 3.8) is 0 Å². The summed E-state index contributed by atoms with van der Waals surface area (Å²) in [5.74, 6) is -0.982. The molecule has 0 aliphatic heterocycles. The molecule has 2 heterocycles. The van der Waals surface area contributed by atoms with Crippen molar-refractivity contribution in [2.75, 3.05) is 0 Å². The topological polar surface area (TPSA) is 68.0 Å². The van der Waals surface area contributed by atoms with Gasteiger partial charge in [0.2, 0.25) is 0 Å². The van der Waals surface area contributed by atoms with E-state index in [2.05, 4.69) is 26.0 Å². The lowest BCUT2D eigenvalue weighted by molar-refractivity contribution is 0.0699. The predicted molar refractivity (Wildman–Crippen MR) is 104 cm³/mol. The fourth-order valence-electron chi connectivity index (χ4n) is 3.00. The Morgan fingerprint density at radius 1 is 1.12 bits per heavy atom. The van der Waals surface area contributed by atoms with Crippen LogP contribution in [0.1, 0.15) is 16.1 Å². The molecule has 0 bridgehead atoms. The van der Waals surface area contributed by atoms with Crippen LogP contribution in [0.4, 0.5) is 0 Å². The summed E-state index contributed by atoms with van der Waals surface area (Å²) in [6.45, 7) is 1.95. The Hall–Kier alpha value is -2.99. The molecule has 0 aliphatic carbocycles. The van der Waals surface area contributed by atoms with Crippen LogP contribution < -0.4 is 0 Å². The minimum atomic E-state index is -0.982. The summed E-state index contributed by atoms with van der Waals surface area (Å²) in [6, 6.07) is 16.8. The van der Waals surface area contributed by atoms with Gasteiger partial charge in [-0.3, -0.25) is 0 Å². The van der Waals surface area contributed by atoms with Gasteiger partial charge in [0.1, 0.15) is 0 Å². The number of pyridine rings is 1. The SMILES string of the molecule is Cc1c(-c2cc(C(=O)O)c3cc(Br)ccc3n2)cnn1-c1ccccc1. The van der Waals surface area contributed by atoms with Gasteiger partial charge >= 0.3 is 5.97 Å². The average molecular weight is 408 g/mol. The number of aromatic nitrogens is 3. The van der Waals surface area contributed by atoms with Gasteiger partial charge in [-0.1, -0.05) is 34.1 Å². The van der Waals surface area contributed by atoms with Gasteiger partial charge in [0, 0.05) is 15.4 Å². The molecule has 0 amide bonds. The van der Waals surface area contributed by atoms with E-state index in [9.17, 15) is 9.90 Å². The van der Waals surface area contributed by atoms with E-state index in [-0.39, 0.29) is 5.56 Å². The molecule has 5 nitrogen and oxygen atoms in total. The molecule has 0 aliphatic rings. The van der Waals surface area contributed by atoms with Crippen molar-refractivity contribution in [1.82, 2.24) is 14.8 Å². The summed E-state index contributed by atoms with van der Waals surface area (Å²) in [6.07, 6.45) is 1.72.